The van der Waals surface area contributed by atoms with Gasteiger partial charge in [0.15, 0.2) is 5.13 Å². The number of hydrogen-bond donors (Lipinski definition) is 1. The van der Waals surface area contributed by atoms with Crippen LogP contribution in [0.5, 0.6) is 0 Å². The van der Waals surface area contributed by atoms with Crippen LogP contribution in [0.3, 0.4) is 0 Å². The van der Waals surface area contributed by atoms with Crippen molar-refractivity contribution in [1.82, 2.24) is 9.29 Å². The first-order valence-electron chi connectivity index (χ1n) is 10.6. The van der Waals surface area contributed by atoms with E-state index in [0.717, 1.165) is 28.2 Å². The van der Waals surface area contributed by atoms with E-state index in [4.69, 9.17) is 16.3 Å². The number of hydrogen-bond acceptors (Lipinski definition) is 8. The molecule has 1 aliphatic heterocycles. The van der Waals surface area contributed by atoms with Gasteiger partial charge >= 0.3 is 5.97 Å². The number of rotatable bonds is 7. The molecule has 0 bridgehead atoms. The monoisotopic (exact) mass is 539 g/mol. The van der Waals surface area contributed by atoms with Gasteiger partial charge in [-0.3, -0.25) is 4.79 Å². The van der Waals surface area contributed by atoms with E-state index in [-0.39, 0.29) is 35.7 Å². The predicted octanol–water partition coefficient (Wildman–Crippen LogP) is 4.74. The third kappa shape index (κ3) is 5.33. The molecule has 34 heavy (non-hydrogen) atoms. The average Bonchev–Trinajstić information content (AvgIpc) is 3.47. The van der Waals surface area contributed by atoms with Crippen LogP contribution in [0.2, 0.25) is 4.34 Å². The van der Waals surface area contributed by atoms with Gasteiger partial charge in [-0.1, -0.05) is 53.3 Å². The number of carbonyl (C=O) groups excluding carboxylic acids is 2. The summed E-state index contributed by atoms with van der Waals surface area (Å²) in [5, 5.41) is 3.11. The largest absolute Gasteiger partial charge is 0.462 e. The van der Waals surface area contributed by atoms with Crippen molar-refractivity contribution >= 4 is 61.3 Å². The van der Waals surface area contributed by atoms with Crippen LogP contribution in [0.25, 0.3) is 11.3 Å². The second kappa shape index (κ2) is 10.5. The number of ether oxygens (including phenoxy) is 1. The molecule has 1 aromatic carbocycles. The van der Waals surface area contributed by atoms with Crippen LogP contribution in [0, 0.1) is 5.92 Å². The van der Waals surface area contributed by atoms with E-state index in [9.17, 15) is 18.0 Å². The summed E-state index contributed by atoms with van der Waals surface area (Å²) in [6.45, 7) is 2.42. The molecule has 4 rings (SSSR count). The SMILES string of the molecule is CCOC(=O)c1sc(NC(=O)C2CCN(S(=O)(=O)c3ccc(Cl)s3)CC2)nc1-c1ccccc1. The minimum Gasteiger partial charge on any atom is -0.462 e. The Hall–Kier alpha value is -2.31. The minimum atomic E-state index is -3.62. The highest BCUT2D eigenvalue weighted by atomic mass is 35.5. The fraction of sp³-hybridized carbons (Fsp3) is 0.318. The summed E-state index contributed by atoms with van der Waals surface area (Å²) in [6.07, 6.45) is 0.762. The molecule has 0 saturated carbocycles. The van der Waals surface area contributed by atoms with Crippen LogP contribution in [-0.2, 0) is 19.6 Å². The standard InChI is InChI=1S/C22H22ClN3O5S3/c1-2-31-21(28)19-18(14-6-4-3-5-7-14)24-22(33-19)25-20(27)15-10-12-26(13-11-15)34(29,30)17-9-8-16(23)32-17/h3-9,15H,2,10-13H2,1H3,(H,24,25,27). The zero-order valence-corrected chi connectivity index (χ0v) is 21.4. The molecule has 0 aliphatic carbocycles. The number of benzene rings is 1. The molecule has 1 N–H and O–H groups in total. The highest BCUT2D eigenvalue weighted by Gasteiger charge is 2.33. The molecule has 0 radical (unpaired) electrons. The lowest BCUT2D eigenvalue weighted by molar-refractivity contribution is -0.120. The van der Waals surface area contributed by atoms with Gasteiger partial charge in [0, 0.05) is 24.6 Å². The number of carbonyl (C=O) groups is 2. The van der Waals surface area contributed by atoms with Crippen LogP contribution in [-0.4, -0.2) is 49.3 Å². The lowest BCUT2D eigenvalue weighted by atomic mass is 9.97. The number of esters is 1. The molecule has 2 aromatic heterocycles. The van der Waals surface area contributed by atoms with Crippen molar-refractivity contribution < 1.29 is 22.7 Å². The van der Waals surface area contributed by atoms with Gasteiger partial charge in [0.25, 0.3) is 10.0 Å². The van der Waals surface area contributed by atoms with E-state index in [1.54, 1.807) is 13.0 Å². The smallest absolute Gasteiger partial charge is 0.350 e. The maximum atomic E-state index is 12.9. The summed E-state index contributed by atoms with van der Waals surface area (Å²) >= 11 is 7.97. The van der Waals surface area contributed by atoms with Gasteiger partial charge < -0.3 is 10.1 Å². The Bertz CT molecular complexity index is 1280. The third-order valence-corrected chi connectivity index (χ3v) is 9.88. The number of piperidine rings is 1. The van der Waals surface area contributed by atoms with Gasteiger partial charge in [-0.25, -0.2) is 18.2 Å². The lowest BCUT2D eigenvalue weighted by Crippen LogP contribution is -2.41. The number of thiophene rings is 1. The molecule has 1 aliphatic rings. The molecule has 0 atom stereocenters. The van der Waals surface area contributed by atoms with E-state index < -0.39 is 16.0 Å². The van der Waals surface area contributed by atoms with Gasteiger partial charge in [0.05, 0.1) is 16.6 Å². The molecule has 1 fully saturated rings. The number of nitrogens with one attached hydrogen (secondary N) is 1. The summed E-state index contributed by atoms with van der Waals surface area (Å²) in [7, 11) is -3.62. The third-order valence-electron chi connectivity index (χ3n) is 5.33. The molecule has 3 aromatic rings. The molecule has 3 heterocycles. The Balaban J connectivity index is 1.45. The second-order valence-electron chi connectivity index (χ2n) is 7.51. The van der Waals surface area contributed by atoms with Gasteiger partial charge in [0.2, 0.25) is 5.91 Å². The Labute approximate surface area is 210 Å². The van der Waals surface area contributed by atoms with Crippen molar-refractivity contribution in [3.63, 3.8) is 0 Å². The number of sulfonamides is 1. The van der Waals surface area contributed by atoms with E-state index in [1.807, 2.05) is 30.3 Å². The topological polar surface area (TPSA) is 106 Å². The van der Waals surface area contributed by atoms with E-state index in [0.29, 0.717) is 32.9 Å². The molecular formula is C22H22ClN3O5S3. The minimum absolute atomic E-state index is 0.197. The van der Waals surface area contributed by atoms with Gasteiger partial charge in [-0.05, 0) is 31.9 Å². The lowest BCUT2D eigenvalue weighted by Gasteiger charge is -2.29. The van der Waals surface area contributed by atoms with E-state index in [2.05, 4.69) is 10.3 Å². The number of amides is 1. The van der Waals surface area contributed by atoms with Gasteiger partial charge in [-0.15, -0.1) is 11.3 Å². The number of halogens is 1. The number of aromatic nitrogens is 1. The van der Waals surface area contributed by atoms with Crippen molar-refractivity contribution in [2.45, 2.75) is 24.0 Å². The van der Waals surface area contributed by atoms with E-state index >= 15 is 0 Å². The zero-order valence-electron chi connectivity index (χ0n) is 18.2. The van der Waals surface area contributed by atoms with Gasteiger partial charge in [0.1, 0.15) is 9.09 Å². The number of thiazole rings is 1. The molecule has 0 spiro atoms. The maximum absolute atomic E-state index is 12.9. The maximum Gasteiger partial charge on any atom is 0.350 e. The average molecular weight is 540 g/mol. The Kier molecular flexibility index (Phi) is 7.68. The first-order chi connectivity index (χ1) is 16.3. The molecule has 8 nitrogen and oxygen atoms in total. The molecule has 1 amide bonds. The summed E-state index contributed by atoms with van der Waals surface area (Å²) in [5.41, 5.74) is 1.20. The normalized spacial score (nSPS) is 15.2. The van der Waals surface area contributed by atoms with Crippen LogP contribution in [0.4, 0.5) is 5.13 Å². The second-order valence-corrected chi connectivity index (χ2v) is 12.4. The summed E-state index contributed by atoms with van der Waals surface area (Å²) in [4.78, 5) is 30.2. The summed E-state index contributed by atoms with van der Waals surface area (Å²) in [5.74, 6) is -1.11. The van der Waals surface area contributed by atoms with Crippen LogP contribution in [0.1, 0.15) is 29.4 Å². The zero-order chi connectivity index (χ0) is 24.3. The van der Waals surface area contributed by atoms with Crippen molar-refractivity contribution in [2.24, 2.45) is 5.92 Å². The highest BCUT2D eigenvalue weighted by Crippen LogP contribution is 2.34. The Morgan fingerprint density at radius 3 is 2.47 bits per heavy atom. The van der Waals surface area contributed by atoms with Crippen LogP contribution in [0.15, 0.2) is 46.7 Å². The molecule has 180 valence electrons. The molecule has 12 heteroatoms. The Morgan fingerprint density at radius 2 is 1.85 bits per heavy atom. The van der Waals surface area contributed by atoms with Crippen molar-refractivity contribution in [3.05, 3.63) is 51.7 Å². The number of anilines is 1. The van der Waals surface area contributed by atoms with Crippen molar-refractivity contribution in [2.75, 3.05) is 25.0 Å². The highest BCUT2D eigenvalue weighted by molar-refractivity contribution is 7.91. The van der Waals surface area contributed by atoms with Gasteiger partial charge in [-0.2, -0.15) is 4.31 Å². The molecular weight excluding hydrogens is 518 g/mol. The van der Waals surface area contributed by atoms with Crippen LogP contribution < -0.4 is 5.32 Å². The molecule has 1 saturated heterocycles. The fourth-order valence-corrected chi connectivity index (χ4v) is 7.62. The van der Waals surface area contributed by atoms with Crippen LogP contribution >= 0.6 is 34.3 Å². The number of nitrogens with zero attached hydrogens (tertiary/aromatic N) is 2. The Morgan fingerprint density at radius 1 is 1.15 bits per heavy atom. The quantitative estimate of drug-likeness (QED) is 0.435. The van der Waals surface area contributed by atoms with Crippen molar-refractivity contribution in [1.29, 1.82) is 0 Å². The van der Waals surface area contributed by atoms with Crippen molar-refractivity contribution in [3.8, 4) is 11.3 Å². The first kappa shape index (κ1) is 24.8. The van der Waals surface area contributed by atoms with E-state index in [1.165, 1.54) is 10.4 Å². The summed E-state index contributed by atoms with van der Waals surface area (Å²) in [6, 6.07) is 12.3. The first-order valence-corrected chi connectivity index (χ1v) is 14.0. The fourth-order valence-electron chi connectivity index (χ4n) is 3.63. The summed E-state index contributed by atoms with van der Waals surface area (Å²) < 4.78 is 32.7. The predicted molar refractivity (Wildman–Crippen MR) is 133 cm³/mol. The molecule has 0 unspecified atom stereocenters.